The fraction of sp³-hybridized carbons (Fsp3) is 0.800. The first-order chi connectivity index (χ1) is 19.9. The zero-order valence-electron chi connectivity index (χ0n) is 27.1. The molecule has 4 aliphatic rings. The molecule has 0 aromatic rings. The van der Waals surface area contributed by atoms with Gasteiger partial charge in [0.15, 0.2) is 6.29 Å². The topological polar surface area (TPSA) is 137 Å². The van der Waals surface area contributed by atoms with Crippen molar-refractivity contribution in [3.8, 4) is 0 Å². The zero-order chi connectivity index (χ0) is 32.1. The lowest BCUT2D eigenvalue weighted by Gasteiger charge is -2.61. The number of ether oxygens (including phenoxy) is 2. The maximum atomic E-state index is 11.7. The molecule has 1 heterocycles. The number of carboxylic acids is 1. The number of hydrogen-bond donors (Lipinski definition) is 5. The van der Waals surface area contributed by atoms with Gasteiger partial charge in [-0.3, -0.25) is 4.79 Å². The van der Waals surface area contributed by atoms with Crippen molar-refractivity contribution in [2.45, 2.75) is 136 Å². The van der Waals surface area contributed by atoms with Gasteiger partial charge in [-0.2, -0.15) is 0 Å². The molecule has 0 radical (unpaired) electrons. The van der Waals surface area contributed by atoms with Gasteiger partial charge in [-0.05, 0) is 105 Å². The van der Waals surface area contributed by atoms with Crippen LogP contribution in [0.15, 0.2) is 35.5 Å². The first-order valence-corrected chi connectivity index (χ1v) is 16.2. The van der Waals surface area contributed by atoms with Crippen LogP contribution in [0.3, 0.4) is 0 Å². The molecule has 0 spiro atoms. The van der Waals surface area contributed by atoms with Crippen LogP contribution < -0.4 is 0 Å². The second-order valence-electron chi connectivity index (χ2n) is 15.2. The Hall–Kier alpha value is -1.55. The van der Waals surface area contributed by atoms with E-state index in [9.17, 15) is 30.3 Å². The summed E-state index contributed by atoms with van der Waals surface area (Å²) < 4.78 is 12.0. The summed E-state index contributed by atoms with van der Waals surface area (Å²) in [5.74, 6) is -0.216. The molecule has 1 aliphatic heterocycles. The Balaban J connectivity index is 1.57. The summed E-state index contributed by atoms with van der Waals surface area (Å²) in [6.45, 7) is 21.7. The molecule has 244 valence electrons. The molecule has 8 heteroatoms. The minimum absolute atomic E-state index is 0.0157. The van der Waals surface area contributed by atoms with Crippen molar-refractivity contribution in [1.29, 1.82) is 0 Å². The van der Waals surface area contributed by atoms with E-state index in [0.717, 1.165) is 49.7 Å². The molecule has 1 saturated heterocycles. The summed E-state index contributed by atoms with van der Waals surface area (Å²) in [6.07, 6.45) is 0.914. The number of carbonyl (C=O) groups is 1. The summed E-state index contributed by atoms with van der Waals surface area (Å²) in [5.41, 5.74) is 3.74. The van der Waals surface area contributed by atoms with E-state index in [-0.39, 0.29) is 47.2 Å². The average molecular weight is 605 g/mol. The van der Waals surface area contributed by atoms with Gasteiger partial charge in [-0.1, -0.05) is 57.6 Å². The van der Waals surface area contributed by atoms with Crippen LogP contribution in [0.4, 0.5) is 0 Å². The molecule has 5 N–H and O–H groups in total. The van der Waals surface area contributed by atoms with Gasteiger partial charge in [0.05, 0.1) is 18.8 Å². The van der Waals surface area contributed by atoms with Crippen molar-refractivity contribution in [2.24, 2.45) is 34.0 Å². The standard InChI is InChI=1S/C35H56O8/c1-19(2)24-17-25(36)21(4)23(34(24,7)16-14-29(38)39)11-10-22-20(3)9-12-27-33(5,6)28(13-15-35(22,27)8)43-32-31(41)30(40)26(37)18-42-32/h22,24-28,30-32,36-37,40-41H,1,3,9-18H2,2,4-8H3,(H,38,39)/t22-,24-,25-,26+,27-,28-,30-,31+,32-,34+,35+/m0/s1. The van der Waals surface area contributed by atoms with Crippen molar-refractivity contribution in [3.05, 3.63) is 35.5 Å². The second kappa shape index (κ2) is 12.7. The minimum Gasteiger partial charge on any atom is -0.481 e. The van der Waals surface area contributed by atoms with Gasteiger partial charge >= 0.3 is 5.97 Å². The Morgan fingerprint density at radius 3 is 2.40 bits per heavy atom. The lowest BCUT2D eigenvalue weighted by atomic mass is 9.46. The molecule has 43 heavy (non-hydrogen) atoms. The molecule has 0 unspecified atom stereocenters. The highest BCUT2D eigenvalue weighted by Crippen LogP contribution is 2.63. The van der Waals surface area contributed by atoms with E-state index in [1.807, 2.05) is 13.8 Å². The van der Waals surface area contributed by atoms with E-state index in [1.54, 1.807) is 0 Å². The summed E-state index contributed by atoms with van der Waals surface area (Å²) >= 11 is 0. The predicted molar refractivity (Wildman–Crippen MR) is 165 cm³/mol. The molecule has 0 aromatic heterocycles. The third-order valence-corrected chi connectivity index (χ3v) is 12.3. The van der Waals surface area contributed by atoms with Crippen LogP contribution in [0.2, 0.25) is 0 Å². The molecular formula is C35H56O8. The van der Waals surface area contributed by atoms with Crippen LogP contribution in [-0.2, 0) is 14.3 Å². The van der Waals surface area contributed by atoms with Crippen molar-refractivity contribution in [3.63, 3.8) is 0 Å². The van der Waals surface area contributed by atoms with Crippen LogP contribution in [0.1, 0.15) is 99.3 Å². The van der Waals surface area contributed by atoms with Gasteiger partial charge in [0, 0.05) is 6.42 Å². The van der Waals surface area contributed by atoms with Gasteiger partial charge in [0.2, 0.25) is 0 Å². The van der Waals surface area contributed by atoms with Gasteiger partial charge in [0.1, 0.15) is 18.3 Å². The largest absolute Gasteiger partial charge is 0.481 e. The van der Waals surface area contributed by atoms with E-state index in [2.05, 4.69) is 40.9 Å². The Kier molecular flexibility index (Phi) is 10.1. The molecule has 0 amide bonds. The summed E-state index contributed by atoms with van der Waals surface area (Å²) in [6, 6.07) is 0. The highest BCUT2D eigenvalue weighted by Gasteiger charge is 2.57. The summed E-state index contributed by atoms with van der Waals surface area (Å²) in [5, 5.41) is 51.3. The Morgan fingerprint density at radius 2 is 1.77 bits per heavy atom. The van der Waals surface area contributed by atoms with Gasteiger partial charge < -0.3 is 35.0 Å². The Morgan fingerprint density at radius 1 is 1.09 bits per heavy atom. The summed E-state index contributed by atoms with van der Waals surface area (Å²) in [4.78, 5) is 11.7. The van der Waals surface area contributed by atoms with Crippen molar-refractivity contribution >= 4 is 5.97 Å². The highest BCUT2D eigenvalue weighted by atomic mass is 16.7. The minimum atomic E-state index is -1.31. The number of rotatable bonds is 9. The molecule has 2 saturated carbocycles. The number of fused-ring (bicyclic) bond motifs is 1. The highest BCUT2D eigenvalue weighted by molar-refractivity contribution is 5.66. The maximum Gasteiger partial charge on any atom is 0.303 e. The molecule has 8 nitrogen and oxygen atoms in total. The molecule has 0 bridgehead atoms. The summed E-state index contributed by atoms with van der Waals surface area (Å²) in [7, 11) is 0. The number of aliphatic hydroxyl groups is 4. The third kappa shape index (κ3) is 6.30. The van der Waals surface area contributed by atoms with E-state index in [4.69, 9.17) is 9.47 Å². The monoisotopic (exact) mass is 604 g/mol. The van der Waals surface area contributed by atoms with Crippen molar-refractivity contribution in [1.82, 2.24) is 0 Å². The van der Waals surface area contributed by atoms with E-state index in [0.29, 0.717) is 18.8 Å². The number of aliphatic carboxylic acids is 1. The number of aliphatic hydroxyl groups excluding tert-OH is 4. The normalized spacial score (nSPS) is 43.3. The molecule has 4 rings (SSSR count). The third-order valence-electron chi connectivity index (χ3n) is 12.3. The molecule has 0 aromatic carbocycles. The Bertz CT molecular complexity index is 1110. The smallest absolute Gasteiger partial charge is 0.303 e. The van der Waals surface area contributed by atoms with Crippen molar-refractivity contribution in [2.75, 3.05) is 6.61 Å². The van der Waals surface area contributed by atoms with Crippen LogP contribution in [0.25, 0.3) is 0 Å². The quantitative estimate of drug-likeness (QED) is 0.180. The number of allylic oxidation sites excluding steroid dienone is 3. The van der Waals surface area contributed by atoms with Crippen LogP contribution >= 0.6 is 0 Å². The van der Waals surface area contributed by atoms with Crippen LogP contribution in [0.5, 0.6) is 0 Å². The van der Waals surface area contributed by atoms with E-state index >= 15 is 0 Å². The Labute approximate surface area is 257 Å². The number of carboxylic acid groups (broad SMARTS) is 1. The SMILES string of the molecule is C=C1CC[C@H]2C(C)(C)[C@@H](O[C@@H]3OC[C@@H](O)[C@H](O)[C@H]3O)CC[C@]2(C)[C@H]1CCC1=C(C)[C@@H](O)C[C@@H](C(=C)C)[C@]1(C)CCC(=O)O. The fourth-order valence-corrected chi connectivity index (χ4v) is 9.72. The van der Waals surface area contributed by atoms with Crippen molar-refractivity contribution < 1.29 is 39.8 Å². The zero-order valence-corrected chi connectivity index (χ0v) is 27.1. The lowest BCUT2D eigenvalue weighted by Crippen LogP contribution is -2.59. The van der Waals surface area contributed by atoms with Crippen LogP contribution in [-0.4, -0.2) is 74.9 Å². The van der Waals surface area contributed by atoms with Crippen LogP contribution in [0, 0.1) is 34.0 Å². The average Bonchev–Trinajstić information content (AvgIpc) is 2.92. The fourth-order valence-electron chi connectivity index (χ4n) is 9.72. The molecular weight excluding hydrogens is 548 g/mol. The van der Waals surface area contributed by atoms with Gasteiger partial charge in [-0.15, -0.1) is 0 Å². The van der Waals surface area contributed by atoms with Gasteiger partial charge in [-0.25, -0.2) is 0 Å². The maximum absolute atomic E-state index is 11.7. The first kappa shape index (κ1) is 34.3. The van der Waals surface area contributed by atoms with E-state index < -0.39 is 36.7 Å². The molecule has 3 fully saturated rings. The second-order valence-corrected chi connectivity index (χ2v) is 15.2. The molecule has 11 atom stereocenters. The predicted octanol–water partition coefficient (Wildman–Crippen LogP) is 5.14. The lowest BCUT2D eigenvalue weighted by molar-refractivity contribution is -0.303. The number of hydrogen-bond acceptors (Lipinski definition) is 7. The van der Waals surface area contributed by atoms with Gasteiger partial charge in [0.25, 0.3) is 0 Å². The first-order valence-electron chi connectivity index (χ1n) is 16.2. The molecule has 3 aliphatic carbocycles. The van der Waals surface area contributed by atoms with E-state index in [1.165, 1.54) is 11.1 Å².